The molecule has 1 aromatic carbocycles. The summed E-state index contributed by atoms with van der Waals surface area (Å²) in [6.45, 7) is 8.26. The number of nitrogens with zero attached hydrogens (tertiary/aromatic N) is 2. The summed E-state index contributed by atoms with van der Waals surface area (Å²) >= 11 is 0. The monoisotopic (exact) mass is 283 g/mol. The minimum atomic E-state index is 0.115. The molecule has 3 heteroatoms. The molecular weight excluding hydrogens is 258 g/mol. The summed E-state index contributed by atoms with van der Waals surface area (Å²) in [5.74, 6) is 1.10. The van der Waals surface area contributed by atoms with Crippen LogP contribution in [0.5, 0.6) is 0 Å². The molecule has 3 nitrogen and oxygen atoms in total. The summed E-state index contributed by atoms with van der Waals surface area (Å²) in [5.41, 5.74) is 4.58. The fourth-order valence-electron chi connectivity index (χ4n) is 2.92. The van der Waals surface area contributed by atoms with Crippen molar-refractivity contribution in [2.45, 2.75) is 58.7 Å². The lowest BCUT2D eigenvalue weighted by Gasteiger charge is -2.20. The number of aryl methyl sites for hydroxylation is 2. The van der Waals surface area contributed by atoms with Crippen molar-refractivity contribution in [1.29, 1.82) is 0 Å². The highest BCUT2D eigenvalue weighted by Gasteiger charge is 2.13. The number of imidazole rings is 1. The van der Waals surface area contributed by atoms with E-state index in [4.69, 9.17) is 0 Å². The summed E-state index contributed by atoms with van der Waals surface area (Å²) in [5, 5.41) is 3.51. The number of hydrogen-bond acceptors (Lipinski definition) is 2. The highest BCUT2D eigenvalue weighted by Crippen LogP contribution is 2.23. The number of fused-ring (bicyclic) bond motifs is 1. The van der Waals surface area contributed by atoms with E-state index in [9.17, 15) is 0 Å². The zero-order valence-corrected chi connectivity index (χ0v) is 13.3. The Morgan fingerprint density at radius 3 is 2.81 bits per heavy atom. The maximum absolute atomic E-state index is 4.49. The van der Waals surface area contributed by atoms with E-state index in [0.29, 0.717) is 0 Å². The third kappa shape index (κ3) is 3.53. The van der Waals surface area contributed by atoms with Crippen molar-refractivity contribution in [1.82, 2.24) is 14.9 Å². The molecule has 1 aliphatic rings. The highest BCUT2D eigenvalue weighted by molar-refractivity contribution is 5.35. The van der Waals surface area contributed by atoms with Crippen molar-refractivity contribution in [2.24, 2.45) is 0 Å². The second-order valence-corrected chi connectivity index (χ2v) is 7.03. The van der Waals surface area contributed by atoms with Crippen LogP contribution in [0, 0.1) is 0 Å². The van der Waals surface area contributed by atoms with Crippen molar-refractivity contribution >= 4 is 0 Å². The third-order valence-corrected chi connectivity index (χ3v) is 4.09. The van der Waals surface area contributed by atoms with Gasteiger partial charge in [0.15, 0.2) is 0 Å². The van der Waals surface area contributed by atoms with Crippen LogP contribution in [0.15, 0.2) is 30.6 Å². The van der Waals surface area contributed by atoms with E-state index < -0.39 is 0 Å². The smallest absolute Gasteiger partial charge is 0.122 e. The summed E-state index contributed by atoms with van der Waals surface area (Å²) < 4.78 is 2.25. The SMILES string of the molecule is CC(C)(C)NCc1nccn1Cc1ccc2c(c1)CCC2. The summed E-state index contributed by atoms with van der Waals surface area (Å²) in [6, 6.07) is 6.95. The van der Waals surface area contributed by atoms with Gasteiger partial charge in [-0.05, 0) is 56.7 Å². The molecule has 0 atom stereocenters. The molecule has 0 saturated carbocycles. The second-order valence-electron chi connectivity index (χ2n) is 7.03. The van der Waals surface area contributed by atoms with Crippen LogP contribution in [-0.2, 0) is 25.9 Å². The number of aromatic nitrogens is 2. The van der Waals surface area contributed by atoms with Crippen LogP contribution in [0.25, 0.3) is 0 Å². The molecule has 1 aliphatic carbocycles. The molecule has 3 rings (SSSR count). The first-order valence-electron chi connectivity index (χ1n) is 7.87. The first-order chi connectivity index (χ1) is 10.0. The maximum atomic E-state index is 4.49. The van der Waals surface area contributed by atoms with Crippen molar-refractivity contribution in [3.8, 4) is 0 Å². The van der Waals surface area contributed by atoms with E-state index in [1.807, 2.05) is 6.20 Å². The Bertz CT molecular complexity index is 620. The number of hydrogen-bond donors (Lipinski definition) is 1. The minimum Gasteiger partial charge on any atom is -0.329 e. The van der Waals surface area contributed by atoms with Crippen LogP contribution in [0.3, 0.4) is 0 Å². The average molecular weight is 283 g/mol. The molecule has 21 heavy (non-hydrogen) atoms. The van der Waals surface area contributed by atoms with Crippen LogP contribution in [0.4, 0.5) is 0 Å². The van der Waals surface area contributed by atoms with Gasteiger partial charge in [0, 0.05) is 24.5 Å². The van der Waals surface area contributed by atoms with Gasteiger partial charge in [0.05, 0.1) is 6.54 Å². The molecule has 0 radical (unpaired) electrons. The van der Waals surface area contributed by atoms with Gasteiger partial charge < -0.3 is 9.88 Å². The molecule has 1 N–H and O–H groups in total. The Labute approximate surface area is 127 Å². The lowest BCUT2D eigenvalue weighted by atomic mass is 10.1. The topological polar surface area (TPSA) is 29.9 Å². The number of nitrogens with one attached hydrogen (secondary N) is 1. The van der Waals surface area contributed by atoms with Gasteiger partial charge in [-0.3, -0.25) is 0 Å². The Morgan fingerprint density at radius 2 is 2.00 bits per heavy atom. The van der Waals surface area contributed by atoms with Crippen LogP contribution < -0.4 is 5.32 Å². The van der Waals surface area contributed by atoms with E-state index in [-0.39, 0.29) is 5.54 Å². The zero-order valence-electron chi connectivity index (χ0n) is 13.3. The predicted molar refractivity (Wildman–Crippen MR) is 86.4 cm³/mol. The normalized spacial score (nSPS) is 14.4. The van der Waals surface area contributed by atoms with E-state index in [1.54, 1.807) is 11.1 Å². The molecule has 1 heterocycles. The lowest BCUT2D eigenvalue weighted by Crippen LogP contribution is -2.36. The van der Waals surface area contributed by atoms with Gasteiger partial charge in [-0.25, -0.2) is 4.98 Å². The van der Waals surface area contributed by atoms with Crippen molar-refractivity contribution in [3.05, 3.63) is 53.1 Å². The van der Waals surface area contributed by atoms with Gasteiger partial charge in [0.2, 0.25) is 0 Å². The molecule has 1 aromatic heterocycles. The second kappa shape index (κ2) is 5.64. The van der Waals surface area contributed by atoms with Crippen molar-refractivity contribution < 1.29 is 0 Å². The van der Waals surface area contributed by atoms with Gasteiger partial charge in [-0.15, -0.1) is 0 Å². The first-order valence-corrected chi connectivity index (χ1v) is 7.87. The maximum Gasteiger partial charge on any atom is 0.122 e. The van der Waals surface area contributed by atoms with E-state index in [0.717, 1.165) is 18.9 Å². The largest absolute Gasteiger partial charge is 0.329 e. The first kappa shape index (κ1) is 14.3. The Hall–Kier alpha value is -1.61. The Kier molecular flexibility index (Phi) is 3.85. The van der Waals surface area contributed by atoms with Crippen LogP contribution in [0.1, 0.15) is 49.7 Å². The zero-order chi connectivity index (χ0) is 14.9. The van der Waals surface area contributed by atoms with Crippen LogP contribution in [-0.4, -0.2) is 15.1 Å². The van der Waals surface area contributed by atoms with Gasteiger partial charge in [-0.1, -0.05) is 18.2 Å². The molecule has 0 aliphatic heterocycles. The highest BCUT2D eigenvalue weighted by atomic mass is 15.1. The summed E-state index contributed by atoms with van der Waals surface area (Å²) in [6.07, 6.45) is 7.78. The molecule has 0 amide bonds. The van der Waals surface area contributed by atoms with Gasteiger partial charge in [0.1, 0.15) is 5.82 Å². The van der Waals surface area contributed by atoms with Gasteiger partial charge in [0.25, 0.3) is 0 Å². The van der Waals surface area contributed by atoms with Gasteiger partial charge in [-0.2, -0.15) is 0 Å². The quantitative estimate of drug-likeness (QED) is 0.933. The third-order valence-electron chi connectivity index (χ3n) is 4.09. The molecule has 112 valence electrons. The minimum absolute atomic E-state index is 0.115. The van der Waals surface area contributed by atoms with E-state index in [2.05, 4.69) is 60.0 Å². The fourth-order valence-corrected chi connectivity index (χ4v) is 2.92. The fraction of sp³-hybridized carbons (Fsp3) is 0.500. The molecular formula is C18H25N3. The Balaban J connectivity index is 1.72. The molecule has 0 spiro atoms. The summed E-state index contributed by atoms with van der Waals surface area (Å²) in [7, 11) is 0. The van der Waals surface area contributed by atoms with Crippen LogP contribution >= 0.6 is 0 Å². The molecule has 2 aromatic rings. The number of benzene rings is 1. The summed E-state index contributed by atoms with van der Waals surface area (Å²) in [4.78, 5) is 4.49. The van der Waals surface area contributed by atoms with Crippen molar-refractivity contribution in [3.63, 3.8) is 0 Å². The number of rotatable bonds is 4. The Morgan fingerprint density at radius 1 is 1.19 bits per heavy atom. The average Bonchev–Trinajstić information content (AvgIpc) is 3.04. The molecule has 0 saturated heterocycles. The van der Waals surface area contributed by atoms with E-state index >= 15 is 0 Å². The van der Waals surface area contributed by atoms with Gasteiger partial charge >= 0.3 is 0 Å². The lowest BCUT2D eigenvalue weighted by molar-refractivity contribution is 0.413. The predicted octanol–water partition coefficient (Wildman–Crippen LogP) is 3.31. The van der Waals surface area contributed by atoms with Crippen LogP contribution in [0.2, 0.25) is 0 Å². The molecule has 0 bridgehead atoms. The molecule has 0 fully saturated rings. The van der Waals surface area contributed by atoms with E-state index in [1.165, 1.54) is 24.8 Å². The standard InChI is InChI=1S/C18H25N3/c1-18(2,3)20-12-17-19-9-10-21(17)13-14-7-8-15-5-4-6-16(15)11-14/h7-11,20H,4-6,12-13H2,1-3H3. The molecule has 0 unspecified atom stereocenters. The van der Waals surface area contributed by atoms with Crippen molar-refractivity contribution in [2.75, 3.05) is 0 Å².